The molecule has 3 aromatic carbocycles. The first-order chi connectivity index (χ1) is 13.2. The monoisotopic (exact) mass is 363 g/mol. The van der Waals surface area contributed by atoms with Crippen LogP contribution in [-0.4, -0.2) is 19.6 Å². The topological polar surface area (TPSA) is 56.8 Å². The zero-order valence-electron chi connectivity index (χ0n) is 15.3. The first kappa shape index (κ1) is 18.3. The highest BCUT2D eigenvalue weighted by atomic mass is 16.5. The Bertz CT molecular complexity index is 872. The molecule has 138 valence electrons. The van der Waals surface area contributed by atoms with Gasteiger partial charge in [0.15, 0.2) is 0 Å². The van der Waals surface area contributed by atoms with Crippen LogP contribution in [0.25, 0.3) is 0 Å². The molecule has 0 fully saturated rings. The second-order valence-corrected chi connectivity index (χ2v) is 5.71. The summed E-state index contributed by atoms with van der Waals surface area (Å²) in [5.41, 5.74) is 1.26. The van der Waals surface area contributed by atoms with E-state index >= 15 is 0 Å². The van der Waals surface area contributed by atoms with E-state index in [2.05, 4.69) is 5.32 Å². The van der Waals surface area contributed by atoms with Crippen LogP contribution in [0.5, 0.6) is 23.0 Å². The Hall–Kier alpha value is -3.47. The number of carbonyl (C=O) groups excluding carboxylic acids is 1. The Labute approximate surface area is 158 Å². The number of rotatable bonds is 7. The fourth-order valence-corrected chi connectivity index (χ4v) is 2.46. The maximum atomic E-state index is 12.4. The third-order valence-electron chi connectivity index (χ3n) is 3.83. The van der Waals surface area contributed by atoms with Gasteiger partial charge >= 0.3 is 0 Å². The van der Waals surface area contributed by atoms with Gasteiger partial charge in [0.05, 0.1) is 13.7 Å². The molecule has 0 saturated heterocycles. The van der Waals surface area contributed by atoms with Crippen LogP contribution in [0.1, 0.15) is 17.3 Å². The minimum absolute atomic E-state index is 0.185. The zero-order chi connectivity index (χ0) is 19.1. The number of carbonyl (C=O) groups is 1. The van der Waals surface area contributed by atoms with Crippen molar-refractivity contribution in [2.75, 3.05) is 19.0 Å². The predicted molar refractivity (Wildman–Crippen MR) is 105 cm³/mol. The van der Waals surface area contributed by atoms with Crippen molar-refractivity contribution in [1.82, 2.24) is 0 Å². The van der Waals surface area contributed by atoms with Crippen molar-refractivity contribution >= 4 is 11.6 Å². The summed E-state index contributed by atoms with van der Waals surface area (Å²) in [6.07, 6.45) is 0. The van der Waals surface area contributed by atoms with Gasteiger partial charge in [-0.1, -0.05) is 0 Å². The molecule has 3 rings (SSSR count). The molecular formula is C22H21NO4. The van der Waals surface area contributed by atoms with Gasteiger partial charge in [0.25, 0.3) is 5.91 Å². The Balaban J connectivity index is 1.60. The average Bonchev–Trinajstić information content (AvgIpc) is 2.71. The fourth-order valence-electron chi connectivity index (χ4n) is 2.46. The summed E-state index contributed by atoms with van der Waals surface area (Å²) in [7, 11) is 1.62. The third kappa shape index (κ3) is 5.01. The number of hydrogen-bond acceptors (Lipinski definition) is 4. The Kier molecular flexibility index (Phi) is 5.94. The lowest BCUT2D eigenvalue weighted by Crippen LogP contribution is -2.11. The predicted octanol–water partition coefficient (Wildman–Crippen LogP) is 5.14. The van der Waals surface area contributed by atoms with Crippen LogP contribution in [0.2, 0.25) is 0 Å². The molecule has 0 heterocycles. The Morgan fingerprint density at radius 1 is 0.778 bits per heavy atom. The Morgan fingerprint density at radius 3 is 1.85 bits per heavy atom. The van der Waals surface area contributed by atoms with Crippen molar-refractivity contribution in [2.24, 2.45) is 0 Å². The van der Waals surface area contributed by atoms with E-state index in [9.17, 15) is 4.79 Å². The van der Waals surface area contributed by atoms with E-state index in [1.54, 1.807) is 31.4 Å². The first-order valence-electron chi connectivity index (χ1n) is 8.64. The maximum absolute atomic E-state index is 12.4. The fraction of sp³-hybridized carbons (Fsp3) is 0.136. The Morgan fingerprint density at radius 2 is 1.30 bits per heavy atom. The number of hydrogen-bond donors (Lipinski definition) is 1. The molecule has 0 saturated carbocycles. The molecule has 0 radical (unpaired) electrons. The largest absolute Gasteiger partial charge is 0.497 e. The molecule has 27 heavy (non-hydrogen) atoms. The lowest BCUT2D eigenvalue weighted by molar-refractivity contribution is 0.102. The molecule has 5 nitrogen and oxygen atoms in total. The second kappa shape index (κ2) is 8.76. The molecular weight excluding hydrogens is 342 g/mol. The molecule has 0 aromatic heterocycles. The third-order valence-corrected chi connectivity index (χ3v) is 3.83. The van der Waals surface area contributed by atoms with Crippen LogP contribution >= 0.6 is 0 Å². The van der Waals surface area contributed by atoms with E-state index in [0.717, 1.165) is 11.5 Å². The zero-order valence-corrected chi connectivity index (χ0v) is 15.3. The summed E-state index contributed by atoms with van der Waals surface area (Å²) < 4.78 is 16.3. The summed E-state index contributed by atoms with van der Waals surface area (Å²) in [6, 6.07) is 21.5. The normalized spacial score (nSPS) is 10.1. The van der Waals surface area contributed by atoms with Crippen molar-refractivity contribution in [2.45, 2.75) is 6.92 Å². The smallest absolute Gasteiger partial charge is 0.255 e. The van der Waals surface area contributed by atoms with Crippen LogP contribution in [0.4, 0.5) is 5.69 Å². The summed E-state index contributed by atoms with van der Waals surface area (Å²) >= 11 is 0. The molecule has 0 bridgehead atoms. The molecule has 0 aliphatic carbocycles. The highest BCUT2D eigenvalue weighted by Crippen LogP contribution is 2.24. The van der Waals surface area contributed by atoms with Crippen LogP contribution in [-0.2, 0) is 0 Å². The van der Waals surface area contributed by atoms with Crippen LogP contribution < -0.4 is 19.5 Å². The number of nitrogens with one attached hydrogen (secondary N) is 1. The van der Waals surface area contributed by atoms with Gasteiger partial charge in [0, 0.05) is 11.3 Å². The van der Waals surface area contributed by atoms with Crippen molar-refractivity contribution in [1.29, 1.82) is 0 Å². The molecule has 5 heteroatoms. The second-order valence-electron chi connectivity index (χ2n) is 5.71. The van der Waals surface area contributed by atoms with Gasteiger partial charge in [-0.15, -0.1) is 0 Å². The lowest BCUT2D eigenvalue weighted by Gasteiger charge is -2.09. The van der Waals surface area contributed by atoms with E-state index in [1.807, 2.05) is 55.5 Å². The number of ether oxygens (including phenoxy) is 3. The standard InChI is InChI=1S/C22H21NO4/c1-3-26-19-10-6-17(7-11-19)23-22(24)16-4-8-20(9-5-16)27-21-14-12-18(25-2)13-15-21/h4-15H,3H2,1-2H3,(H,23,24). The first-order valence-corrected chi connectivity index (χ1v) is 8.64. The van der Waals surface area contributed by atoms with E-state index in [1.165, 1.54) is 0 Å². The SMILES string of the molecule is CCOc1ccc(NC(=O)c2ccc(Oc3ccc(OC)cc3)cc2)cc1. The molecule has 3 aromatic rings. The highest BCUT2D eigenvalue weighted by Gasteiger charge is 2.07. The van der Waals surface area contributed by atoms with Crippen LogP contribution in [0, 0.1) is 0 Å². The van der Waals surface area contributed by atoms with E-state index in [-0.39, 0.29) is 5.91 Å². The molecule has 0 unspecified atom stereocenters. The summed E-state index contributed by atoms with van der Waals surface area (Å²) in [6.45, 7) is 2.54. The van der Waals surface area contributed by atoms with Gasteiger partial charge in [0.1, 0.15) is 23.0 Å². The lowest BCUT2D eigenvalue weighted by atomic mass is 10.2. The summed E-state index contributed by atoms with van der Waals surface area (Å²) in [5, 5.41) is 2.86. The van der Waals surface area contributed by atoms with E-state index in [4.69, 9.17) is 14.2 Å². The van der Waals surface area contributed by atoms with Crippen LogP contribution in [0.15, 0.2) is 72.8 Å². The number of anilines is 1. The summed E-state index contributed by atoms with van der Waals surface area (Å²) in [4.78, 5) is 12.4. The molecule has 0 atom stereocenters. The van der Waals surface area contributed by atoms with Gasteiger partial charge < -0.3 is 19.5 Å². The van der Waals surface area contributed by atoms with E-state index in [0.29, 0.717) is 29.4 Å². The minimum Gasteiger partial charge on any atom is -0.497 e. The van der Waals surface area contributed by atoms with Gasteiger partial charge in [-0.25, -0.2) is 0 Å². The molecule has 1 N–H and O–H groups in total. The number of benzene rings is 3. The van der Waals surface area contributed by atoms with Gasteiger partial charge in [0.2, 0.25) is 0 Å². The molecule has 1 amide bonds. The van der Waals surface area contributed by atoms with Crippen LogP contribution in [0.3, 0.4) is 0 Å². The highest BCUT2D eigenvalue weighted by molar-refractivity contribution is 6.04. The van der Waals surface area contributed by atoms with E-state index < -0.39 is 0 Å². The molecule has 0 spiro atoms. The van der Waals surface area contributed by atoms with Crippen molar-refractivity contribution in [3.05, 3.63) is 78.4 Å². The summed E-state index contributed by atoms with van der Waals surface area (Å²) in [5.74, 6) is 2.70. The van der Waals surface area contributed by atoms with Crippen molar-refractivity contribution in [3.63, 3.8) is 0 Å². The maximum Gasteiger partial charge on any atom is 0.255 e. The van der Waals surface area contributed by atoms with Gasteiger partial charge in [-0.05, 0) is 79.7 Å². The molecule has 0 aliphatic heterocycles. The number of methoxy groups -OCH3 is 1. The number of amides is 1. The van der Waals surface area contributed by atoms with Gasteiger partial charge in [-0.2, -0.15) is 0 Å². The quantitative estimate of drug-likeness (QED) is 0.631. The average molecular weight is 363 g/mol. The molecule has 0 aliphatic rings. The van der Waals surface area contributed by atoms with Crippen molar-refractivity contribution < 1.29 is 19.0 Å². The van der Waals surface area contributed by atoms with Gasteiger partial charge in [-0.3, -0.25) is 4.79 Å². The van der Waals surface area contributed by atoms with Crippen molar-refractivity contribution in [3.8, 4) is 23.0 Å². The minimum atomic E-state index is -0.185.